The van der Waals surface area contributed by atoms with Gasteiger partial charge in [-0.3, -0.25) is 10.1 Å². The average molecular weight is 494 g/mol. The van der Waals surface area contributed by atoms with E-state index in [1.807, 2.05) is 43.3 Å². The van der Waals surface area contributed by atoms with Crippen molar-refractivity contribution in [2.75, 3.05) is 43.3 Å². The van der Waals surface area contributed by atoms with E-state index in [0.29, 0.717) is 24.2 Å². The molecule has 0 bridgehead atoms. The van der Waals surface area contributed by atoms with E-state index in [4.69, 9.17) is 14.7 Å². The molecule has 0 unspecified atom stereocenters. The molecule has 1 heterocycles. The minimum atomic E-state index is -0.515. The first kappa shape index (κ1) is 25.0. The second-order valence-electron chi connectivity index (χ2n) is 9.12. The van der Waals surface area contributed by atoms with Crippen LogP contribution in [0.3, 0.4) is 0 Å². The van der Waals surface area contributed by atoms with E-state index in [9.17, 15) is 14.9 Å². The number of para-hydroxylation sites is 1. The van der Waals surface area contributed by atoms with Gasteiger partial charge < -0.3 is 25.6 Å². The van der Waals surface area contributed by atoms with Crippen molar-refractivity contribution in [3.05, 3.63) is 52.6 Å². The zero-order valence-corrected chi connectivity index (χ0v) is 20.7. The number of fused-ring (bicyclic) bond motifs is 1. The van der Waals surface area contributed by atoms with Gasteiger partial charge in [0, 0.05) is 44.2 Å². The van der Waals surface area contributed by atoms with E-state index in [2.05, 4.69) is 16.0 Å². The van der Waals surface area contributed by atoms with Crippen LogP contribution in [0.5, 0.6) is 5.75 Å². The van der Waals surface area contributed by atoms with E-state index >= 15 is 0 Å². The summed E-state index contributed by atoms with van der Waals surface area (Å²) in [5.41, 5.74) is 1.04. The predicted octanol–water partition coefficient (Wildman–Crippen LogP) is 4.41. The summed E-state index contributed by atoms with van der Waals surface area (Å²) in [7, 11) is 5.39. The standard InChI is InChI=1S/C25H31N7O4/c1-31(2)23-19-6-4-5-7-20(19)28-24(30-23)27-17-10-8-16(9-11-17)15-26-25(33)29-21-14-18(32(34)35)12-13-22(21)36-3/h4-7,12-14,16-17H,8-11,15H2,1-3H3,(H2,26,29,33)(H,27,28,30)/t16-,17+. The van der Waals surface area contributed by atoms with Gasteiger partial charge in [-0.25, -0.2) is 9.78 Å². The maximum atomic E-state index is 12.4. The number of nitrogens with zero attached hydrogens (tertiary/aromatic N) is 4. The van der Waals surface area contributed by atoms with E-state index in [-0.39, 0.29) is 17.4 Å². The number of hydrogen-bond acceptors (Lipinski definition) is 8. The molecule has 190 valence electrons. The summed E-state index contributed by atoms with van der Waals surface area (Å²) in [5.74, 6) is 2.21. The van der Waals surface area contributed by atoms with Crippen molar-refractivity contribution in [1.29, 1.82) is 0 Å². The van der Waals surface area contributed by atoms with Crippen LogP contribution in [-0.2, 0) is 0 Å². The normalized spacial score (nSPS) is 17.3. The second-order valence-corrected chi connectivity index (χ2v) is 9.12. The van der Waals surface area contributed by atoms with E-state index in [0.717, 1.165) is 42.4 Å². The fourth-order valence-corrected chi connectivity index (χ4v) is 4.47. The van der Waals surface area contributed by atoms with Gasteiger partial charge in [-0.15, -0.1) is 0 Å². The van der Waals surface area contributed by atoms with Crippen molar-refractivity contribution in [1.82, 2.24) is 15.3 Å². The Balaban J connectivity index is 1.29. The number of nitro benzene ring substituents is 1. The molecule has 3 aromatic rings. The number of methoxy groups -OCH3 is 1. The number of nitrogens with one attached hydrogen (secondary N) is 3. The molecule has 2 aromatic carbocycles. The van der Waals surface area contributed by atoms with Gasteiger partial charge in [0.05, 0.1) is 23.2 Å². The van der Waals surface area contributed by atoms with Gasteiger partial charge in [0.15, 0.2) is 0 Å². The highest BCUT2D eigenvalue weighted by molar-refractivity contribution is 5.91. The fourth-order valence-electron chi connectivity index (χ4n) is 4.47. The van der Waals surface area contributed by atoms with Gasteiger partial charge >= 0.3 is 6.03 Å². The van der Waals surface area contributed by atoms with Crippen molar-refractivity contribution in [3.63, 3.8) is 0 Å². The number of non-ortho nitro benzene ring substituents is 1. The maximum absolute atomic E-state index is 12.4. The summed E-state index contributed by atoms with van der Waals surface area (Å²) in [5, 5.41) is 21.1. The van der Waals surface area contributed by atoms with E-state index < -0.39 is 11.0 Å². The Hall–Kier alpha value is -4.15. The molecule has 11 nitrogen and oxygen atoms in total. The number of carbonyl (C=O) groups is 1. The van der Waals surface area contributed by atoms with Crippen LogP contribution in [0.15, 0.2) is 42.5 Å². The van der Waals surface area contributed by atoms with Gasteiger partial charge in [-0.05, 0) is 49.8 Å². The Morgan fingerprint density at radius 3 is 2.58 bits per heavy atom. The molecular weight excluding hydrogens is 462 g/mol. The number of nitro groups is 1. The number of carbonyl (C=O) groups excluding carboxylic acids is 1. The predicted molar refractivity (Wildman–Crippen MR) is 140 cm³/mol. The molecule has 1 aliphatic rings. The van der Waals surface area contributed by atoms with Crippen LogP contribution in [0.2, 0.25) is 0 Å². The largest absolute Gasteiger partial charge is 0.495 e. The minimum absolute atomic E-state index is 0.120. The molecule has 1 saturated carbocycles. The van der Waals surface area contributed by atoms with Crippen LogP contribution >= 0.6 is 0 Å². The van der Waals surface area contributed by atoms with Crippen molar-refractivity contribution in [2.45, 2.75) is 31.7 Å². The molecule has 36 heavy (non-hydrogen) atoms. The topological polar surface area (TPSA) is 135 Å². The minimum Gasteiger partial charge on any atom is -0.495 e. The molecular formula is C25H31N7O4. The Bertz CT molecular complexity index is 1240. The van der Waals surface area contributed by atoms with Crippen LogP contribution in [0.25, 0.3) is 10.9 Å². The number of benzene rings is 2. The van der Waals surface area contributed by atoms with Gasteiger partial charge in [0.25, 0.3) is 5.69 Å². The Morgan fingerprint density at radius 1 is 1.14 bits per heavy atom. The first-order valence-electron chi connectivity index (χ1n) is 11.9. The summed E-state index contributed by atoms with van der Waals surface area (Å²) >= 11 is 0. The lowest BCUT2D eigenvalue weighted by Crippen LogP contribution is -2.36. The lowest BCUT2D eigenvalue weighted by molar-refractivity contribution is -0.384. The van der Waals surface area contributed by atoms with Gasteiger partial charge in [0.2, 0.25) is 5.95 Å². The number of rotatable bonds is 8. The summed E-state index contributed by atoms with van der Waals surface area (Å²) < 4.78 is 5.20. The number of ether oxygens (including phenoxy) is 1. The number of amides is 2. The summed E-state index contributed by atoms with van der Waals surface area (Å²) in [6.45, 7) is 0.521. The maximum Gasteiger partial charge on any atom is 0.319 e. The van der Waals surface area contributed by atoms with Crippen LogP contribution < -0.4 is 25.6 Å². The molecule has 11 heteroatoms. The summed E-state index contributed by atoms with van der Waals surface area (Å²) in [6.07, 6.45) is 3.79. The highest BCUT2D eigenvalue weighted by Gasteiger charge is 2.23. The fraction of sp³-hybridized carbons (Fsp3) is 0.400. The highest BCUT2D eigenvalue weighted by atomic mass is 16.6. The van der Waals surface area contributed by atoms with Crippen LogP contribution in [0, 0.1) is 16.0 Å². The van der Waals surface area contributed by atoms with Crippen molar-refractivity contribution in [3.8, 4) is 5.75 Å². The number of anilines is 3. The molecule has 0 atom stereocenters. The molecule has 4 rings (SSSR count). The molecule has 0 spiro atoms. The molecule has 2 amide bonds. The third-order valence-electron chi connectivity index (χ3n) is 6.38. The highest BCUT2D eigenvalue weighted by Crippen LogP contribution is 2.30. The van der Waals surface area contributed by atoms with Crippen molar-refractivity contribution >= 4 is 40.1 Å². The van der Waals surface area contributed by atoms with Crippen LogP contribution in [0.4, 0.5) is 27.9 Å². The molecule has 0 radical (unpaired) electrons. The number of hydrogen-bond donors (Lipinski definition) is 3. The van der Waals surface area contributed by atoms with Gasteiger partial charge in [0.1, 0.15) is 11.6 Å². The molecule has 0 aliphatic heterocycles. The lowest BCUT2D eigenvalue weighted by Gasteiger charge is -2.29. The van der Waals surface area contributed by atoms with Gasteiger partial charge in [-0.1, -0.05) is 12.1 Å². The average Bonchev–Trinajstić information content (AvgIpc) is 2.87. The summed E-state index contributed by atoms with van der Waals surface area (Å²) in [6, 6.07) is 11.9. The van der Waals surface area contributed by atoms with Crippen LogP contribution in [-0.4, -0.2) is 54.7 Å². The van der Waals surface area contributed by atoms with E-state index in [1.54, 1.807) is 0 Å². The monoisotopic (exact) mass is 493 g/mol. The Kier molecular flexibility index (Phi) is 7.67. The van der Waals surface area contributed by atoms with Crippen molar-refractivity contribution in [2.24, 2.45) is 5.92 Å². The second kappa shape index (κ2) is 11.1. The first-order chi connectivity index (χ1) is 17.3. The third kappa shape index (κ3) is 5.91. The van der Waals surface area contributed by atoms with E-state index in [1.165, 1.54) is 25.3 Å². The molecule has 1 aliphatic carbocycles. The lowest BCUT2D eigenvalue weighted by atomic mass is 9.86. The molecule has 0 saturated heterocycles. The summed E-state index contributed by atoms with van der Waals surface area (Å²) in [4.78, 5) is 34.4. The zero-order chi connectivity index (χ0) is 25.7. The Labute approximate surface area is 209 Å². The Morgan fingerprint density at radius 2 is 1.89 bits per heavy atom. The zero-order valence-electron chi connectivity index (χ0n) is 20.7. The van der Waals surface area contributed by atoms with Crippen LogP contribution in [0.1, 0.15) is 25.7 Å². The molecule has 3 N–H and O–H groups in total. The molecule has 1 aromatic heterocycles. The SMILES string of the molecule is COc1ccc([N+](=O)[O-])cc1NC(=O)NC[C@H]1CC[C@@H](Nc2nc(N(C)C)c3ccccc3n2)CC1. The van der Waals surface area contributed by atoms with Gasteiger partial charge in [-0.2, -0.15) is 4.98 Å². The number of urea groups is 1. The molecule has 1 fully saturated rings. The smallest absolute Gasteiger partial charge is 0.319 e. The van der Waals surface area contributed by atoms with Crippen molar-refractivity contribution < 1.29 is 14.5 Å². The quantitative estimate of drug-likeness (QED) is 0.310. The first-order valence-corrected chi connectivity index (χ1v) is 11.9. The number of aromatic nitrogens is 2. The third-order valence-corrected chi connectivity index (χ3v) is 6.38.